The van der Waals surface area contributed by atoms with Crippen LogP contribution < -0.4 is 10.1 Å². The number of nitrogens with one attached hydrogen (secondary N) is 1. The van der Waals surface area contributed by atoms with E-state index in [-0.39, 0.29) is 30.9 Å². The van der Waals surface area contributed by atoms with Crippen LogP contribution in [0.15, 0.2) is 17.0 Å². The fraction of sp³-hybridized carbons (Fsp3) is 0.724. The summed E-state index contributed by atoms with van der Waals surface area (Å²) in [4.78, 5) is 33.0. The van der Waals surface area contributed by atoms with Crippen LogP contribution in [0, 0.1) is 19.8 Å². The number of methoxy groups -OCH3 is 1. The molecule has 3 unspecified atom stereocenters. The van der Waals surface area contributed by atoms with Gasteiger partial charge in [-0.25, -0.2) is 8.51 Å². The predicted molar refractivity (Wildman–Crippen MR) is 156 cm³/mol. The van der Waals surface area contributed by atoms with Crippen LogP contribution in [0.25, 0.3) is 0 Å². The molecule has 1 saturated heterocycles. The molecule has 3 atom stereocenters. The van der Waals surface area contributed by atoms with Crippen molar-refractivity contribution in [3.05, 3.63) is 23.3 Å². The highest BCUT2D eigenvalue weighted by Gasteiger charge is 2.32. The number of carbonyl (C=O) groups excluding carboxylic acids is 2. The second-order valence-electron chi connectivity index (χ2n) is 11.6. The molecular formula is C29H49N5O4S. The molecule has 9 nitrogen and oxygen atoms in total. The Morgan fingerprint density at radius 2 is 1.69 bits per heavy atom. The SMILES string of the molecule is COc1cc(C)c(S(=O)N(C)CC(=O)NCC(=O)N(C)C2CCCC(N3CCC(CN(C)C)CC3)C2)c(C)c1. The highest BCUT2D eigenvalue weighted by Crippen LogP contribution is 2.30. The third-order valence-electron chi connectivity index (χ3n) is 8.28. The van der Waals surface area contributed by atoms with Crippen LogP contribution in [-0.4, -0.2) is 115 Å². The summed E-state index contributed by atoms with van der Waals surface area (Å²) in [5.41, 5.74) is 1.69. The lowest BCUT2D eigenvalue weighted by Gasteiger charge is -2.43. The summed E-state index contributed by atoms with van der Waals surface area (Å²) in [6.07, 6.45) is 6.82. The lowest BCUT2D eigenvalue weighted by molar-refractivity contribution is -0.134. The van der Waals surface area contributed by atoms with Crippen molar-refractivity contribution < 1.29 is 18.5 Å². The molecule has 10 heteroatoms. The van der Waals surface area contributed by atoms with Crippen molar-refractivity contribution in [3.8, 4) is 5.75 Å². The first-order valence-corrected chi connectivity index (χ1v) is 15.3. The lowest BCUT2D eigenvalue weighted by atomic mass is 9.86. The molecule has 1 saturated carbocycles. The molecule has 39 heavy (non-hydrogen) atoms. The number of carbonyl (C=O) groups is 2. The maximum atomic E-state index is 13.1. The standard InChI is InChI=1S/C29H49N5O4S/c1-21-15-26(38-7)16-22(2)29(21)39(37)32(5)20-27(35)30-18-28(36)33(6)24-9-8-10-25(17-24)34-13-11-23(12-14-34)19-31(3)4/h15-16,23-25H,8-14,17-20H2,1-7H3,(H,30,35). The van der Waals surface area contributed by atoms with Gasteiger partial charge in [0.25, 0.3) is 0 Å². The van der Waals surface area contributed by atoms with E-state index in [2.05, 4.69) is 29.2 Å². The number of likely N-dealkylation sites (tertiary alicyclic amines) is 1. The fourth-order valence-corrected chi connectivity index (χ4v) is 7.33. The summed E-state index contributed by atoms with van der Waals surface area (Å²) >= 11 is 0. The van der Waals surface area contributed by atoms with Gasteiger partial charge >= 0.3 is 0 Å². The van der Waals surface area contributed by atoms with Gasteiger partial charge in [0, 0.05) is 32.7 Å². The van der Waals surface area contributed by atoms with Gasteiger partial charge in [0.15, 0.2) is 0 Å². The molecule has 3 rings (SSSR count). The first kappa shape index (κ1) is 31.5. The van der Waals surface area contributed by atoms with Gasteiger partial charge in [-0.3, -0.25) is 9.59 Å². The van der Waals surface area contributed by atoms with Gasteiger partial charge in [-0.15, -0.1) is 0 Å². The number of piperidine rings is 1. The molecule has 220 valence electrons. The van der Waals surface area contributed by atoms with Crippen molar-refractivity contribution in [2.75, 3.05) is 68.0 Å². The molecule has 1 N–H and O–H groups in total. The molecule has 1 aliphatic heterocycles. The molecule has 0 spiro atoms. The van der Waals surface area contributed by atoms with Crippen molar-refractivity contribution in [2.24, 2.45) is 5.92 Å². The minimum Gasteiger partial charge on any atom is -0.497 e. The van der Waals surface area contributed by atoms with Crippen LogP contribution in [0.5, 0.6) is 5.75 Å². The number of likely N-dealkylation sites (N-methyl/N-ethyl adjacent to an activating group) is 2. The molecule has 0 bridgehead atoms. The molecule has 1 heterocycles. The van der Waals surface area contributed by atoms with Crippen LogP contribution in [0.3, 0.4) is 0 Å². The summed E-state index contributed by atoms with van der Waals surface area (Å²) in [6, 6.07) is 4.41. The van der Waals surface area contributed by atoms with Crippen LogP contribution in [-0.2, 0) is 20.6 Å². The second-order valence-corrected chi connectivity index (χ2v) is 13.2. The average molecular weight is 564 g/mol. The molecule has 2 amide bonds. The Morgan fingerprint density at radius 3 is 2.28 bits per heavy atom. The van der Waals surface area contributed by atoms with Gasteiger partial charge in [-0.1, -0.05) is 0 Å². The van der Waals surface area contributed by atoms with E-state index >= 15 is 0 Å². The van der Waals surface area contributed by atoms with E-state index in [0.717, 1.165) is 55.9 Å². The number of hydrogen-bond donors (Lipinski definition) is 1. The fourth-order valence-electron chi connectivity index (χ4n) is 6.12. The highest BCUT2D eigenvalue weighted by molar-refractivity contribution is 7.82. The van der Waals surface area contributed by atoms with E-state index in [4.69, 9.17) is 4.74 Å². The van der Waals surface area contributed by atoms with E-state index in [9.17, 15) is 13.8 Å². The van der Waals surface area contributed by atoms with E-state index in [1.165, 1.54) is 23.6 Å². The summed E-state index contributed by atoms with van der Waals surface area (Å²) in [5.74, 6) is 1.09. The lowest BCUT2D eigenvalue weighted by Crippen LogP contribution is -2.51. The van der Waals surface area contributed by atoms with Crippen LogP contribution in [0.4, 0.5) is 0 Å². The van der Waals surface area contributed by atoms with Crippen LogP contribution >= 0.6 is 0 Å². The second kappa shape index (κ2) is 14.6. The molecule has 1 aromatic rings. The largest absolute Gasteiger partial charge is 0.497 e. The van der Waals surface area contributed by atoms with Crippen LogP contribution in [0.1, 0.15) is 49.7 Å². The highest BCUT2D eigenvalue weighted by atomic mass is 32.2. The maximum Gasteiger partial charge on any atom is 0.241 e. The van der Waals surface area contributed by atoms with Crippen molar-refractivity contribution in [3.63, 3.8) is 0 Å². The quantitative estimate of drug-likeness (QED) is 0.445. The van der Waals surface area contributed by atoms with Gasteiger partial charge in [0.05, 0.1) is 25.1 Å². The van der Waals surface area contributed by atoms with Crippen molar-refractivity contribution in [2.45, 2.75) is 69.4 Å². The van der Waals surface area contributed by atoms with E-state index in [1.807, 2.05) is 37.9 Å². The minimum atomic E-state index is -1.51. The maximum absolute atomic E-state index is 13.1. The Kier molecular flexibility index (Phi) is 11.8. The molecule has 0 radical (unpaired) electrons. The molecule has 2 fully saturated rings. The van der Waals surface area contributed by atoms with E-state index in [0.29, 0.717) is 16.7 Å². The summed E-state index contributed by atoms with van der Waals surface area (Å²) < 4.78 is 19.9. The van der Waals surface area contributed by atoms with Gasteiger partial charge in [0.1, 0.15) is 16.7 Å². The molecular weight excluding hydrogens is 514 g/mol. The van der Waals surface area contributed by atoms with Gasteiger partial charge in [-0.2, -0.15) is 0 Å². The summed E-state index contributed by atoms with van der Waals surface area (Å²) in [7, 11) is 7.91. The van der Waals surface area contributed by atoms with Gasteiger partial charge in [-0.05, 0) is 109 Å². The van der Waals surface area contributed by atoms with Gasteiger partial charge in [0.2, 0.25) is 11.8 Å². The molecule has 2 aliphatic rings. The zero-order valence-corrected chi connectivity index (χ0v) is 25.8. The Bertz CT molecular complexity index is 988. The third kappa shape index (κ3) is 8.74. The van der Waals surface area contributed by atoms with Crippen molar-refractivity contribution >= 4 is 22.8 Å². The van der Waals surface area contributed by atoms with Crippen molar-refractivity contribution in [1.82, 2.24) is 24.3 Å². The zero-order chi connectivity index (χ0) is 28.7. The first-order chi connectivity index (χ1) is 18.5. The molecule has 1 aliphatic carbocycles. The number of rotatable bonds is 11. The van der Waals surface area contributed by atoms with E-state index in [1.54, 1.807) is 14.2 Å². The summed E-state index contributed by atoms with van der Waals surface area (Å²) in [6.45, 7) is 7.11. The minimum absolute atomic E-state index is 0.0481. The number of ether oxygens (including phenoxy) is 1. The number of aryl methyl sites for hydroxylation is 2. The number of hydrogen-bond acceptors (Lipinski definition) is 6. The first-order valence-electron chi connectivity index (χ1n) is 14.2. The zero-order valence-electron chi connectivity index (χ0n) is 25.0. The average Bonchev–Trinajstić information content (AvgIpc) is 2.90. The monoisotopic (exact) mass is 563 g/mol. The molecule has 1 aromatic carbocycles. The third-order valence-corrected chi connectivity index (χ3v) is 9.97. The smallest absolute Gasteiger partial charge is 0.241 e. The number of nitrogens with zero attached hydrogens (tertiary/aromatic N) is 4. The van der Waals surface area contributed by atoms with Gasteiger partial charge < -0.3 is 24.8 Å². The van der Waals surface area contributed by atoms with Crippen LogP contribution in [0.2, 0.25) is 0 Å². The van der Waals surface area contributed by atoms with Crippen molar-refractivity contribution in [1.29, 1.82) is 0 Å². The van der Waals surface area contributed by atoms with E-state index < -0.39 is 11.0 Å². The number of amides is 2. The Balaban J connectivity index is 1.45. The Morgan fingerprint density at radius 1 is 1.05 bits per heavy atom. The molecule has 0 aromatic heterocycles. The Hall–Kier alpha value is -2.01. The number of benzene rings is 1. The topological polar surface area (TPSA) is 85.4 Å². The summed E-state index contributed by atoms with van der Waals surface area (Å²) in [5, 5.41) is 2.74. The normalized spacial score (nSPS) is 21.7. The Labute approximate surface area is 237 Å². The predicted octanol–water partition coefficient (Wildman–Crippen LogP) is 2.43.